The fraction of sp³-hybridized carbons (Fsp3) is 0.158. The van der Waals surface area contributed by atoms with Crippen molar-refractivity contribution < 1.29 is 32.2 Å². The summed E-state index contributed by atoms with van der Waals surface area (Å²) < 4.78 is 47.0. The number of anilines is 1. The minimum Gasteiger partial charge on any atom is -0.449 e. The van der Waals surface area contributed by atoms with Crippen LogP contribution in [0.25, 0.3) is 6.08 Å². The Balaban J connectivity index is 1.88. The van der Waals surface area contributed by atoms with E-state index in [0.29, 0.717) is 5.56 Å². The van der Waals surface area contributed by atoms with Gasteiger partial charge in [-0.1, -0.05) is 23.7 Å². The summed E-state index contributed by atoms with van der Waals surface area (Å²) in [7, 11) is 0. The number of amides is 1. The third-order valence-corrected chi connectivity index (χ3v) is 3.60. The van der Waals surface area contributed by atoms with Crippen LogP contribution in [0.5, 0.6) is 5.75 Å². The highest BCUT2D eigenvalue weighted by Gasteiger charge is 2.18. The van der Waals surface area contributed by atoms with E-state index in [1.807, 2.05) is 0 Å². The second kappa shape index (κ2) is 9.80. The molecule has 148 valence electrons. The van der Waals surface area contributed by atoms with Crippen LogP contribution in [0, 0.1) is 5.82 Å². The minimum atomic E-state index is -2.93. The molecule has 0 aliphatic carbocycles. The van der Waals surface area contributed by atoms with Crippen LogP contribution >= 0.6 is 11.6 Å². The largest absolute Gasteiger partial charge is 0.449 e. The number of rotatable bonds is 7. The quantitative estimate of drug-likeness (QED) is 0.529. The molecule has 1 amide bonds. The first-order valence-electron chi connectivity index (χ1n) is 7.94. The highest BCUT2D eigenvalue weighted by Crippen LogP contribution is 2.19. The number of alkyl halides is 2. The Bertz CT molecular complexity index is 872. The normalized spacial score (nSPS) is 12.1. The Morgan fingerprint density at radius 2 is 1.82 bits per heavy atom. The number of nitrogens with one attached hydrogen (secondary N) is 1. The predicted octanol–water partition coefficient (Wildman–Crippen LogP) is 4.66. The van der Waals surface area contributed by atoms with Crippen LogP contribution in [0.1, 0.15) is 12.5 Å². The van der Waals surface area contributed by atoms with Crippen molar-refractivity contribution in [3.8, 4) is 5.75 Å². The van der Waals surface area contributed by atoms with Crippen molar-refractivity contribution in [3.63, 3.8) is 0 Å². The van der Waals surface area contributed by atoms with E-state index in [9.17, 15) is 22.8 Å². The zero-order valence-corrected chi connectivity index (χ0v) is 15.3. The number of esters is 1. The molecule has 2 rings (SSSR count). The summed E-state index contributed by atoms with van der Waals surface area (Å²) >= 11 is 5.63. The molecule has 0 saturated heterocycles. The van der Waals surface area contributed by atoms with Gasteiger partial charge in [-0.2, -0.15) is 8.78 Å². The van der Waals surface area contributed by atoms with Gasteiger partial charge in [0, 0.05) is 11.1 Å². The lowest BCUT2D eigenvalue weighted by atomic mass is 10.2. The summed E-state index contributed by atoms with van der Waals surface area (Å²) in [5.74, 6) is -2.28. The molecule has 0 radical (unpaired) electrons. The number of carbonyl (C=O) groups is 2. The Labute approximate surface area is 163 Å². The maximum atomic E-state index is 13.7. The van der Waals surface area contributed by atoms with Gasteiger partial charge in [-0.3, -0.25) is 4.79 Å². The van der Waals surface area contributed by atoms with Crippen molar-refractivity contribution in [3.05, 3.63) is 64.9 Å². The molecule has 9 heteroatoms. The van der Waals surface area contributed by atoms with E-state index < -0.39 is 30.4 Å². The molecule has 2 aromatic rings. The van der Waals surface area contributed by atoms with Gasteiger partial charge < -0.3 is 14.8 Å². The molecule has 0 unspecified atom stereocenters. The Morgan fingerprint density at radius 3 is 2.43 bits per heavy atom. The summed E-state index contributed by atoms with van der Waals surface area (Å²) in [5.41, 5.74) is 0.429. The maximum Gasteiger partial charge on any atom is 0.387 e. The molecule has 0 heterocycles. The number of halogens is 4. The highest BCUT2D eigenvalue weighted by molar-refractivity contribution is 6.30. The molecule has 0 saturated carbocycles. The van der Waals surface area contributed by atoms with E-state index in [2.05, 4.69) is 10.1 Å². The van der Waals surface area contributed by atoms with Crippen molar-refractivity contribution in [1.82, 2.24) is 0 Å². The molecule has 1 atom stereocenters. The standard InChI is InChI=1S/C19H15ClF3NO4/c1-11(18(26)24-16-8-5-13(20)10-15(16)21)27-17(25)9-4-12-2-6-14(7-3-12)28-19(22)23/h2-11,19H,1H3,(H,24,26)/b9-4+/t11-/m0/s1. The third kappa shape index (κ3) is 6.62. The van der Waals surface area contributed by atoms with Gasteiger partial charge in [-0.05, 0) is 48.9 Å². The van der Waals surface area contributed by atoms with Crippen LogP contribution in [0.2, 0.25) is 5.02 Å². The Kier molecular flexibility index (Phi) is 7.45. The van der Waals surface area contributed by atoms with Crippen molar-refractivity contribution in [2.75, 3.05) is 5.32 Å². The van der Waals surface area contributed by atoms with Crippen LogP contribution in [0.15, 0.2) is 48.5 Å². The van der Waals surface area contributed by atoms with Gasteiger partial charge >= 0.3 is 12.6 Å². The molecule has 28 heavy (non-hydrogen) atoms. The molecule has 2 aromatic carbocycles. The van der Waals surface area contributed by atoms with E-state index in [-0.39, 0.29) is 16.5 Å². The van der Waals surface area contributed by atoms with E-state index in [1.54, 1.807) is 0 Å². The second-order valence-electron chi connectivity index (χ2n) is 5.47. The average Bonchev–Trinajstić information content (AvgIpc) is 2.63. The van der Waals surface area contributed by atoms with Crippen LogP contribution in [-0.4, -0.2) is 24.6 Å². The molecular weight excluding hydrogens is 399 g/mol. The number of carbonyl (C=O) groups excluding carboxylic acids is 2. The molecule has 0 bridgehead atoms. The van der Waals surface area contributed by atoms with Crippen LogP contribution in [-0.2, 0) is 14.3 Å². The first-order chi connectivity index (χ1) is 13.2. The molecule has 0 fully saturated rings. The van der Waals surface area contributed by atoms with E-state index in [4.69, 9.17) is 16.3 Å². The molecular formula is C19H15ClF3NO4. The zero-order valence-electron chi connectivity index (χ0n) is 14.5. The van der Waals surface area contributed by atoms with Gasteiger partial charge in [0.1, 0.15) is 11.6 Å². The summed E-state index contributed by atoms with van der Waals surface area (Å²) in [6, 6.07) is 9.26. The molecule has 0 aliphatic heterocycles. The van der Waals surface area contributed by atoms with Crippen LogP contribution in [0.3, 0.4) is 0 Å². The summed E-state index contributed by atoms with van der Waals surface area (Å²) in [6.45, 7) is -1.60. The second-order valence-corrected chi connectivity index (χ2v) is 5.91. The zero-order chi connectivity index (χ0) is 20.7. The first kappa shape index (κ1) is 21.3. The fourth-order valence-corrected chi connectivity index (χ4v) is 2.18. The van der Waals surface area contributed by atoms with Gasteiger partial charge in [-0.15, -0.1) is 0 Å². The SMILES string of the molecule is C[C@H](OC(=O)/C=C/c1ccc(OC(F)F)cc1)C(=O)Nc1ccc(Cl)cc1F. The van der Waals surface area contributed by atoms with Gasteiger partial charge in [0.05, 0.1) is 5.69 Å². The first-order valence-corrected chi connectivity index (χ1v) is 8.32. The maximum absolute atomic E-state index is 13.7. The third-order valence-electron chi connectivity index (χ3n) is 3.37. The van der Waals surface area contributed by atoms with E-state index in [1.165, 1.54) is 49.4 Å². The fourth-order valence-electron chi connectivity index (χ4n) is 2.02. The Hall–Kier alpha value is -3.00. The summed E-state index contributed by atoms with van der Waals surface area (Å²) in [4.78, 5) is 23.8. The number of ether oxygens (including phenoxy) is 2. The molecule has 0 aliphatic rings. The van der Waals surface area contributed by atoms with Crippen molar-refractivity contribution in [2.24, 2.45) is 0 Å². The highest BCUT2D eigenvalue weighted by atomic mass is 35.5. The van der Waals surface area contributed by atoms with Gasteiger partial charge in [0.15, 0.2) is 6.10 Å². The monoisotopic (exact) mass is 413 g/mol. The van der Waals surface area contributed by atoms with Gasteiger partial charge in [0.2, 0.25) is 0 Å². The lowest BCUT2D eigenvalue weighted by molar-refractivity contribution is -0.148. The van der Waals surface area contributed by atoms with Gasteiger partial charge in [0.25, 0.3) is 5.91 Å². The van der Waals surface area contributed by atoms with Crippen LogP contribution in [0.4, 0.5) is 18.9 Å². The lowest BCUT2D eigenvalue weighted by Gasteiger charge is -2.13. The molecule has 5 nitrogen and oxygen atoms in total. The average molecular weight is 414 g/mol. The smallest absolute Gasteiger partial charge is 0.387 e. The van der Waals surface area contributed by atoms with Crippen molar-refractivity contribution in [2.45, 2.75) is 19.6 Å². The van der Waals surface area contributed by atoms with Crippen molar-refractivity contribution >= 4 is 35.2 Å². The lowest BCUT2D eigenvalue weighted by Crippen LogP contribution is -2.29. The van der Waals surface area contributed by atoms with Crippen LogP contribution < -0.4 is 10.1 Å². The molecule has 0 spiro atoms. The number of hydrogen-bond donors (Lipinski definition) is 1. The predicted molar refractivity (Wildman–Crippen MR) is 97.7 cm³/mol. The topological polar surface area (TPSA) is 64.6 Å². The van der Waals surface area contributed by atoms with Crippen molar-refractivity contribution in [1.29, 1.82) is 0 Å². The minimum absolute atomic E-state index is 0.0190. The van der Waals surface area contributed by atoms with Gasteiger partial charge in [-0.25, -0.2) is 9.18 Å². The summed E-state index contributed by atoms with van der Waals surface area (Å²) in [5, 5.41) is 2.46. The number of benzene rings is 2. The molecule has 1 N–H and O–H groups in total. The Morgan fingerprint density at radius 1 is 1.14 bits per heavy atom. The van der Waals surface area contributed by atoms with E-state index in [0.717, 1.165) is 12.1 Å². The van der Waals surface area contributed by atoms with E-state index >= 15 is 0 Å². The summed E-state index contributed by atoms with van der Waals surface area (Å²) in [6.07, 6.45) is 1.25. The molecule has 0 aromatic heterocycles. The number of hydrogen-bond acceptors (Lipinski definition) is 4.